The number of nitrogens with zero attached hydrogens (tertiary/aromatic N) is 3. The van der Waals surface area contributed by atoms with Crippen molar-refractivity contribution in [2.45, 2.75) is 39.7 Å². The van der Waals surface area contributed by atoms with Crippen molar-refractivity contribution in [1.82, 2.24) is 15.1 Å². The minimum atomic E-state index is -0.412. The molecule has 0 aliphatic rings. The normalized spacial score (nSPS) is 11.2. The van der Waals surface area contributed by atoms with Crippen molar-refractivity contribution < 1.29 is 13.7 Å². The maximum Gasteiger partial charge on any atom is 0.258 e. The summed E-state index contributed by atoms with van der Waals surface area (Å²) in [4.78, 5) is 7.53. The van der Waals surface area contributed by atoms with Gasteiger partial charge in [0, 0.05) is 22.7 Å². The standard InChI is InChI=1S/C23H21FN4O2/c1-4-5-15-12-26-20-10-18(19(24)9-17(15)20)22-27-23(30-28-22)14-6-7-21(29-13(2)3)16(8-14)11-25/h6-10,12-13,26H,4-5H2,1-3H3. The Morgan fingerprint density at radius 3 is 2.83 bits per heavy atom. The Hall–Kier alpha value is -3.66. The molecule has 4 aromatic rings. The van der Waals surface area contributed by atoms with Crippen LogP contribution >= 0.6 is 0 Å². The first-order chi connectivity index (χ1) is 14.5. The zero-order chi connectivity index (χ0) is 21.3. The molecule has 2 aromatic heterocycles. The van der Waals surface area contributed by atoms with Crippen molar-refractivity contribution in [3.05, 3.63) is 53.5 Å². The second-order valence-corrected chi connectivity index (χ2v) is 7.35. The zero-order valence-corrected chi connectivity index (χ0v) is 17.0. The van der Waals surface area contributed by atoms with Crippen LogP contribution in [0.1, 0.15) is 38.3 Å². The third-order valence-corrected chi connectivity index (χ3v) is 4.75. The summed E-state index contributed by atoms with van der Waals surface area (Å²) in [6.45, 7) is 5.86. The van der Waals surface area contributed by atoms with Crippen LogP contribution in [0.5, 0.6) is 5.75 Å². The van der Waals surface area contributed by atoms with Crippen LogP contribution < -0.4 is 4.74 Å². The van der Waals surface area contributed by atoms with Gasteiger partial charge in [0.25, 0.3) is 5.89 Å². The number of hydrogen-bond acceptors (Lipinski definition) is 5. The molecule has 0 spiro atoms. The summed E-state index contributed by atoms with van der Waals surface area (Å²) in [5.41, 5.74) is 3.08. The molecule has 30 heavy (non-hydrogen) atoms. The molecule has 0 radical (unpaired) electrons. The van der Waals surface area contributed by atoms with Gasteiger partial charge in [-0.2, -0.15) is 10.2 Å². The van der Waals surface area contributed by atoms with Gasteiger partial charge in [-0.1, -0.05) is 18.5 Å². The van der Waals surface area contributed by atoms with E-state index in [1.807, 2.05) is 20.0 Å². The number of aromatic amines is 1. The molecule has 0 unspecified atom stereocenters. The lowest BCUT2D eigenvalue weighted by molar-refractivity contribution is 0.241. The van der Waals surface area contributed by atoms with Crippen LogP contribution in [0.25, 0.3) is 33.7 Å². The van der Waals surface area contributed by atoms with Gasteiger partial charge in [-0.15, -0.1) is 0 Å². The van der Waals surface area contributed by atoms with Crippen LogP contribution in [0.4, 0.5) is 4.39 Å². The highest BCUT2D eigenvalue weighted by atomic mass is 19.1. The van der Waals surface area contributed by atoms with Crippen molar-refractivity contribution in [2.75, 3.05) is 0 Å². The summed E-state index contributed by atoms with van der Waals surface area (Å²) in [5.74, 6) is 0.430. The number of hydrogen-bond donors (Lipinski definition) is 1. The van der Waals surface area contributed by atoms with Crippen LogP contribution in [0.2, 0.25) is 0 Å². The van der Waals surface area contributed by atoms with E-state index >= 15 is 0 Å². The Kier molecular flexibility index (Phi) is 5.23. The number of nitriles is 1. The summed E-state index contributed by atoms with van der Waals surface area (Å²) < 4.78 is 25.8. The number of benzene rings is 2. The second kappa shape index (κ2) is 7.99. The predicted octanol–water partition coefficient (Wildman–Crippen LogP) is 5.64. The van der Waals surface area contributed by atoms with Crippen LogP contribution in [0.3, 0.4) is 0 Å². The lowest BCUT2D eigenvalue weighted by Gasteiger charge is -2.11. The largest absolute Gasteiger partial charge is 0.490 e. The topological polar surface area (TPSA) is 87.7 Å². The highest BCUT2D eigenvalue weighted by Gasteiger charge is 2.18. The number of fused-ring (bicyclic) bond motifs is 1. The van der Waals surface area contributed by atoms with Gasteiger partial charge in [0.1, 0.15) is 17.6 Å². The molecule has 0 aliphatic carbocycles. The molecular formula is C23H21FN4O2. The third kappa shape index (κ3) is 3.64. The van der Waals surface area contributed by atoms with Gasteiger partial charge < -0.3 is 14.2 Å². The lowest BCUT2D eigenvalue weighted by atomic mass is 10.1. The summed E-state index contributed by atoms with van der Waals surface area (Å²) in [5, 5.41) is 14.2. The molecule has 7 heteroatoms. The highest BCUT2D eigenvalue weighted by Crippen LogP contribution is 2.31. The second-order valence-electron chi connectivity index (χ2n) is 7.35. The monoisotopic (exact) mass is 404 g/mol. The minimum Gasteiger partial charge on any atom is -0.490 e. The van der Waals surface area contributed by atoms with E-state index in [2.05, 4.69) is 28.1 Å². The van der Waals surface area contributed by atoms with Crippen LogP contribution in [-0.4, -0.2) is 21.2 Å². The van der Waals surface area contributed by atoms with Gasteiger partial charge in [0.2, 0.25) is 5.82 Å². The maximum absolute atomic E-state index is 14.8. The number of ether oxygens (including phenoxy) is 1. The van der Waals surface area contributed by atoms with Crippen molar-refractivity contribution >= 4 is 10.9 Å². The van der Waals surface area contributed by atoms with Crippen molar-refractivity contribution in [3.8, 4) is 34.7 Å². The van der Waals surface area contributed by atoms with E-state index in [9.17, 15) is 9.65 Å². The van der Waals surface area contributed by atoms with Gasteiger partial charge in [0.15, 0.2) is 0 Å². The van der Waals surface area contributed by atoms with Gasteiger partial charge >= 0.3 is 0 Å². The fourth-order valence-electron chi connectivity index (χ4n) is 3.41. The summed E-state index contributed by atoms with van der Waals surface area (Å²) in [6, 6.07) is 10.4. The number of aryl methyl sites for hydroxylation is 1. The molecule has 0 atom stereocenters. The molecule has 0 bridgehead atoms. The van der Waals surface area contributed by atoms with Gasteiger partial charge in [0.05, 0.1) is 17.2 Å². The Morgan fingerprint density at radius 2 is 2.10 bits per heavy atom. The van der Waals surface area contributed by atoms with E-state index in [0.717, 1.165) is 29.3 Å². The minimum absolute atomic E-state index is 0.0540. The fourth-order valence-corrected chi connectivity index (χ4v) is 3.41. The number of nitrogens with one attached hydrogen (secondary N) is 1. The Morgan fingerprint density at radius 1 is 1.27 bits per heavy atom. The molecular weight excluding hydrogens is 383 g/mol. The molecule has 0 saturated carbocycles. The summed E-state index contributed by atoms with van der Waals surface area (Å²) in [6.07, 6.45) is 3.71. The first kappa shape index (κ1) is 19.6. The van der Waals surface area contributed by atoms with E-state index in [-0.39, 0.29) is 23.4 Å². The Bertz CT molecular complexity index is 1250. The molecule has 0 saturated heterocycles. The molecule has 152 valence electrons. The van der Waals surface area contributed by atoms with Crippen molar-refractivity contribution in [1.29, 1.82) is 5.26 Å². The zero-order valence-electron chi connectivity index (χ0n) is 17.0. The Labute approximate surface area is 173 Å². The molecule has 0 fully saturated rings. The molecule has 0 amide bonds. The first-order valence-electron chi connectivity index (χ1n) is 9.85. The number of H-pyrrole nitrogens is 1. The average molecular weight is 404 g/mol. The van der Waals surface area contributed by atoms with Crippen molar-refractivity contribution in [3.63, 3.8) is 0 Å². The molecule has 2 aromatic carbocycles. The average Bonchev–Trinajstić information content (AvgIpc) is 3.35. The molecule has 2 heterocycles. The molecule has 0 aliphatic heterocycles. The smallest absolute Gasteiger partial charge is 0.258 e. The fraction of sp³-hybridized carbons (Fsp3) is 0.261. The molecule has 4 rings (SSSR count). The Balaban J connectivity index is 1.69. The van der Waals surface area contributed by atoms with Gasteiger partial charge in [-0.3, -0.25) is 0 Å². The summed E-state index contributed by atoms with van der Waals surface area (Å²) >= 11 is 0. The van der Waals surface area contributed by atoms with E-state index in [1.165, 1.54) is 6.07 Å². The lowest BCUT2D eigenvalue weighted by Crippen LogP contribution is -2.06. The SMILES string of the molecule is CCCc1c[nH]c2cc(-c3noc(-c4ccc(OC(C)C)c(C#N)c4)n3)c(F)cc12. The van der Waals surface area contributed by atoms with Crippen molar-refractivity contribution in [2.24, 2.45) is 0 Å². The molecule has 6 nitrogen and oxygen atoms in total. The van der Waals surface area contributed by atoms with Gasteiger partial charge in [-0.05, 0) is 56.2 Å². The van der Waals surface area contributed by atoms with Gasteiger partial charge in [-0.25, -0.2) is 4.39 Å². The quantitative estimate of drug-likeness (QED) is 0.450. The number of aromatic nitrogens is 3. The maximum atomic E-state index is 14.8. The third-order valence-electron chi connectivity index (χ3n) is 4.75. The predicted molar refractivity (Wildman–Crippen MR) is 111 cm³/mol. The first-order valence-corrected chi connectivity index (χ1v) is 9.85. The van der Waals surface area contributed by atoms with E-state index in [4.69, 9.17) is 9.26 Å². The van der Waals surface area contributed by atoms with Crippen LogP contribution in [-0.2, 0) is 6.42 Å². The number of halogens is 1. The molecule has 1 N–H and O–H groups in total. The van der Waals surface area contributed by atoms with E-state index in [0.29, 0.717) is 16.9 Å². The summed E-state index contributed by atoms with van der Waals surface area (Å²) in [7, 11) is 0. The number of rotatable bonds is 6. The van der Waals surface area contributed by atoms with Crippen LogP contribution in [0.15, 0.2) is 41.1 Å². The van der Waals surface area contributed by atoms with E-state index < -0.39 is 5.82 Å². The highest BCUT2D eigenvalue weighted by molar-refractivity contribution is 5.87. The van der Waals surface area contributed by atoms with E-state index in [1.54, 1.807) is 24.3 Å². The van der Waals surface area contributed by atoms with Crippen LogP contribution in [0, 0.1) is 17.1 Å².